The van der Waals surface area contributed by atoms with Gasteiger partial charge in [0.15, 0.2) is 0 Å². The predicted octanol–water partition coefficient (Wildman–Crippen LogP) is 4.12. The quantitative estimate of drug-likeness (QED) is 0.764. The van der Waals surface area contributed by atoms with E-state index in [1.165, 1.54) is 30.1 Å². The van der Waals surface area contributed by atoms with Crippen LogP contribution in [-0.2, 0) is 9.59 Å². The molecule has 0 spiro atoms. The Balaban J connectivity index is 1.76. The Morgan fingerprint density at radius 3 is 2.56 bits per heavy atom. The smallest absolute Gasteiger partial charge is 0.248 e. The van der Waals surface area contributed by atoms with Crippen molar-refractivity contribution in [1.29, 1.82) is 0 Å². The minimum Gasteiger partial charge on any atom is -0.314 e. The Morgan fingerprint density at radius 2 is 1.89 bits per heavy atom. The molecule has 8 heteroatoms. The Kier molecular flexibility index (Phi) is 5.77. The number of carbonyl (C=O) groups excluding carboxylic acids is 2. The van der Waals surface area contributed by atoms with Gasteiger partial charge in [-0.1, -0.05) is 35.3 Å². The fourth-order valence-electron chi connectivity index (χ4n) is 2.65. The summed E-state index contributed by atoms with van der Waals surface area (Å²) in [5, 5.41) is 6.06. The summed E-state index contributed by atoms with van der Waals surface area (Å²) in [4.78, 5) is 26.0. The molecule has 0 N–H and O–H groups in total. The number of carbonyl (C=O) groups is 2. The normalized spacial score (nSPS) is 14.1. The lowest BCUT2D eigenvalue weighted by Gasteiger charge is -2.25. The molecule has 2 amide bonds. The first-order valence-corrected chi connectivity index (χ1v) is 8.96. The van der Waals surface area contributed by atoms with Crippen LogP contribution in [-0.4, -0.2) is 36.1 Å². The Bertz CT molecular complexity index is 916. The molecule has 27 heavy (non-hydrogen) atoms. The highest BCUT2D eigenvalue weighted by atomic mass is 35.5. The number of hydrazone groups is 1. The van der Waals surface area contributed by atoms with Gasteiger partial charge in [-0.3, -0.25) is 9.59 Å². The first-order chi connectivity index (χ1) is 12.8. The van der Waals surface area contributed by atoms with Gasteiger partial charge < -0.3 is 4.90 Å². The molecule has 1 heterocycles. The maximum absolute atomic E-state index is 13.6. The van der Waals surface area contributed by atoms with Crippen molar-refractivity contribution in [3.05, 3.63) is 63.9 Å². The van der Waals surface area contributed by atoms with Gasteiger partial charge in [0.1, 0.15) is 12.4 Å². The first-order valence-electron chi connectivity index (χ1n) is 8.20. The van der Waals surface area contributed by atoms with Crippen molar-refractivity contribution >= 4 is 46.4 Å². The maximum Gasteiger partial charge on any atom is 0.248 e. The van der Waals surface area contributed by atoms with Crippen molar-refractivity contribution in [3.8, 4) is 0 Å². The third kappa shape index (κ3) is 4.46. The molecule has 0 bridgehead atoms. The van der Waals surface area contributed by atoms with E-state index in [2.05, 4.69) is 5.10 Å². The number of halogens is 3. The van der Waals surface area contributed by atoms with Crippen molar-refractivity contribution in [2.45, 2.75) is 12.8 Å². The molecule has 0 aliphatic carbocycles. The first kappa shape index (κ1) is 19.3. The molecule has 0 unspecified atom stereocenters. The molecule has 0 aromatic heterocycles. The maximum atomic E-state index is 13.6. The lowest BCUT2D eigenvalue weighted by atomic mass is 10.0. The van der Waals surface area contributed by atoms with Gasteiger partial charge in [0.2, 0.25) is 11.8 Å². The Morgan fingerprint density at radius 1 is 1.19 bits per heavy atom. The molecule has 5 nitrogen and oxygen atoms in total. The Labute approximate surface area is 166 Å². The number of benzene rings is 2. The molecule has 2 aromatic rings. The summed E-state index contributed by atoms with van der Waals surface area (Å²) in [5.74, 6) is -1.26. The summed E-state index contributed by atoms with van der Waals surface area (Å²) in [6.45, 7) is -0.239. The van der Waals surface area contributed by atoms with E-state index >= 15 is 0 Å². The van der Waals surface area contributed by atoms with Crippen molar-refractivity contribution < 1.29 is 14.0 Å². The Hall–Kier alpha value is -2.44. The average Bonchev–Trinajstić information content (AvgIpc) is 2.66. The van der Waals surface area contributed by atoms with Crippen LogP contribution in [0, 0.1) is 5.82 Å². The summed E-state index contributed by atoms with van der Waals surface area (Å²) < 4.78 is 13.6. The highest BCUT2D eigenvalue weighted by Crippen LogP contribution is 2.22. The molecule has 1 aliphatic heterocycles. The number of rotatable bonds is 4. The zero-order chi connectivity index (χ0) is 19.6. The van der Waals surface area contributed by atoms with Crippen LogP contribution in [0.5, 0.6) is 0 Å². The number of nitrogens with zero attached hydrogens (tertiary/aromatic N) is 3. The molecular weight excluding hydrogens is 392 g/mol. The summed E-state index contributed by atoms with van der Waals surface area (Å²) in [6, 6.07) is 11.2. The highest BCUT2D eigenvalue weighted by molar-refractivity contribution is 6.31. The molecule has 0 atom stereocenters. The standard InChI is InChI=1S/C19H16Cl2FN3O2/c1-24(14-6-7-15(21)16(22)10-14)19(27)11-25-18(26)9-8-17(23-25)12-2-4-13(20)5-3-12/h2-7,10H,8-9,11H2,1H3. The zero-order valence-electron chi connectivity index (χ0n) is 14.5. The molecule has 3 rings (SSSR count). The number of likely N-dealkylation sites (N-methyl/N-ethyl adjacent to an activating group) is 1. The van der Waals surface area contributed by atoms with E-state index in [9.17, 15) is 14.0 Å². The van der Waals surface area contributed by atoms with Gasteiger partial charge in [-0.2, -0.15) is 5.10 Å². The predicted molar refractivity (Wildman–Crippen MR) is 104 cm³/mol. The lowest BCUT2D eigenvalue weighted by Crippen LogP contribution is -2.41. The van der Waals surface area contributed by atoms with Gasteiger partial charge in [-0.15, -0.1) is 0 Å². The second-order valence-corrected chi connectivity index (χ2v) is 6.90. The van der Waals surface area contributed by atoms with Gasteiger partial charge in [0.05, 0.1) is 10.7 Å². The van der Waals surface area contributed by atoms with E-state index in [0.717, 1.165) is 10.6 Å². The van der Waals surface area contributed by atoms with Gasteiger partial charge in [-0.05, 0) is 35.9 Å². The topological polar surface area (TPSA) is 53.0 Å². The van der Waals surface area contributed by atoms with Gasteiger partial charge in [-0.25, -0.2) is 9.40 Å². The van der Waals surface area contributed by atoms with E-state index in [1.807, 2.05) is 12.1 Å². The number of hydrogen-bond acceptors (Lipinski definition) is 3. The minimum absolute atomic E-state index is 0.0250. The fourth-order valence-corrected chi connectivity index (χ4v) is 2.89. The van der Waals surface area contributed by atoms with Crippen LogP contribution in [0.4, 0.5) is 10.1 Å². The van der Waals surface area contributed by atoms with Crippen LogP contribution in [0.15, 0.2) is 47.6 Å². The molecule has 140 valence electrons. The van der Waals surface area contributed by atoms with E-state index in [-0.39, 0.29) is 23.9 Å². The second kappa shape index (κ2) is 8.06. The van der Waals surface area contributed by atoms with Crippen molar-refractivity contribution in [2.75, 3.05) is 18.5 Å². The van der Waals surface area contributed by atoms with E-state index in [4.69, 9.17) is 23.2 Å². The summed E-state index contributed by atoms with van der Waals surface area (Å²) in [6.07, 6.45) is 0.747. The zero-order valence-corrected chi connectivity index (χ0v) is 16.0. The third-order valence-corrected chi connectivity index (χ3v) is 4.79. The second-order valence-electron chi connectivity index (χ2n) is 6.06. The highest BCUT2D eigenvalue weighted by Gasteiger charge is 2.25. The van der Waals surface area contributed by atoms with E-state index in [0.29, 0.717) is 22.8 Å². The number of anilines is 1. The van der Waals surface area contributed by atoms with Crippen LogP contribution < -0.4 is 4.90 Å². The average molecular weight is 408 g/mol. The van der Waals surface area contributed by atoms with Crippen LogP contribution in [0.3, 0.4) is 0 Å². The van der Waals surface area contributed by atoms with E-state index < -0.39 is 11.7 Å². The summed E-state index contributed by atoms with van der Waals surface area (Å²) in [7, 11) is 1.50. The molecule has 0 saturated heterocycles. The van der Waals surface area contributed by atoms with E-state index in [1.54, 1.807) is 12.1 Å². The number of amides is 2. The fraction of sp³-hybridized carbons (Fsp3) is 0.211. The SMILES string of the molecule is CN(C(=O)CN1N=C(c2ccc(Cl)cc2)CCC1=O)c1ccc(Cl)c(F)c1. The molecule has 0 saturated carbocycles. The van der Waals surface area contributed by atoms with Gasteiger partial charge >= 0.3 is 0 Å². The van der Waals surface area contributed by atoms with Gasteiger partial charge in [0, 0.05) is 30.6 Å². The molecule has 1 aliphatic rings. The largest absolute Gasteiger partial charge is 0.314 e. The third-order valence-electron chi connectivity index (χ3n) is 4.23. The lowest BCUT2D eigenvalue weighted by molar-refractivity contribution is -0.135. The van der Waals surface area contributed by atoms with Crippen LogP contribution >= 0.6 is 23.2 Å². The van der Waals surface area contributed by atoms with Crippen LogP contribution in [0.2, 0.25) is 10.0 Å². The van der Waals surface area contributed by atoms with Crippen molar-refractivity contribution in [1.82, 2.24) is 5.01 Å². The molecule has 2 aromatic carbocycles. The minimum atomic E-state index is -0.620. The molecular formula is C19H16Cl2FN3O2. The molecule has 0 radical (unpaired) electrons. The summed E-state index contributed by atoms with van der Waals surface area (Å²) >= 11 is 11.6. The van der Waals surface area contributed by atoms with Crippen molar-refractivity contribution in [2.24, 2.45) is 5.10 Å². The monoisotopic (exact) mass is 407 g/mol. The van der Waals surface area contributed by atoms with Crippen LogP contribution in [0.1, 0.15) is 18.4 Å². The molecule has 0 fully saturated rings. The summed E-state index contributed by atoms with van der Waals surface area (Å²) in [5.41, 5.74) is 1.89. The van der Waals surface area contributed by atoms with Crippen LogP contribution in [0.25, 0.3) is 0 Å². The van der Waals surface area contributed by atoms with Crippen molar-refractivity contribution in [3.63, 3.8) is 0 Å². The van der Waals surface area contributed by atoms with Gasteiger partial charge in [0.25, 0.3) is 0 Å². The number of hydrogen-bond donors (Lipinski definition) is 0.